The number of alkyl halides is 1. The maximum Gasteiger partial charge on any atom is 0.271 e. The van der Waals surface area contributed by atoms with Gasteiger partial charge in [0.1, 0.15) is 0 Å². The second-order valence-electron chi connectivity index (χ2n) is 10.5. The quantitative estimate of drug-likeness (QED) is 0.195. The zero-order chi connectivity index (χ0) is 29.3. The highest BCUT2D eigenvalue weighted by atomic mass is 32.2. The van der Waals surface area contributed by atoms with E-state index in [0.717, 1.165) is 37.4 Å². The van der Waals surface area contributed by atoms with Crippen LogP contribution in [0.2, 0.25) is 0 Å². The lowest BCUT2D eigenvalue weighted by Crippen LogP contribution is -2.46. The molecule has 1 saturated carbocycles. The Labute approximate surface area is 244 Å². The molecule has 13 heteroatoms. The first-order valence-electron chi connectivity index (χ1n) is 13.9. The van der Waals surface area contributed by atoms with E-state index in [-0.39, 0.29) is 29.3 Å². The van der Waals surface area contributed by atoms with Crippen molar-refractivity contribution in [3.63, 3.8) is 0 Å². The molecule has 2 fully saturated rings. The number of nitrogens with one attached hydrogen (secondary N) is 2. The summed E-state index contributed by atoms with van der Waals surface area (Å²) in [6.45, 7) is 3.23. The molecule has 224 valence electrons. The minimum atomic E-state index is -4.43. The number of sulfonamides is 1. The van der Waals surface area contributed by atoms with Gasteiger partial charge in [-0.3, -0.25) is 19.8 Å². The van der Waals surface area contributed by atoms with Crippen molar-refractivity contribution in [3.05, 3.63) is 64.2 Å². The number of halogens is 1. The highest BCUT2D eigenvalue weighted by Crippen LogP contribution is 2.33. The molecule has 1 aliphatic carbocycles. The lowest BCUT2D eigenvalue weighted by molar-refractivity contribution is -0.496. The van der Waals surface area contributed by atoms with E-state index in [4.69, 9.17) is 4.74 Å². The number of ether oxygens (including phenoxy) is 1. The molecule has 2 aliphatic rings. The summed E-state index contributed by atoms with van der Waals surface area (Å²) in [7, 11) is -4.43. The van der Waals surface area contributed by atoms with E-state index in [9.17, 15) is 23.3 Å². The van der Waals surface area contributed by atoms with Gasteiger partial charge in [-0.15, -0.1) is 11.8 Å². The van der Waals surface area contributed by atoms with Crippen molar-refractivity contribution < 1.29 is 27.3 Å². The average molecular weight is 609 g/mol. The van der Waals surface area contributed by atoms with Crippen LogP contribution in [0.3, 0.4) is 0 Å². The van der Waals surface area contributed by atoms with E-state index in [0.29, 0.717) is 37.5 Å². The Kier molecular flexibility index (Phi) is 11.0. The first-order valence-corrected chi connectivity index (χ1v) is 16.4. The Bertz CT molecular complexity index is 1290. The van der Waals surface area contributed by atoms with Crippen molar-refractivity contribution in [3.8, 4) is 0 Å². The molecule has 10 nitrogen and oxygen atoms in total. The third kappa shape index (κ3) is 9.12. The van der Waals surface area contributed by atoms with Gasteiger partial charge in [-0.25, -0.2) is 17.5 Å². The number of morpholine rings is 1. The highest BCUT2D eigenvalue weighted by molar-refractivity contribution is 7.99. The molecule has 2 aromatic rings. The van der Waals surface area contributed by atoms with Crippen molar-refractivity contribution in [2.24, 2.45) is 0 Å². The summed E-state index contributed by atoms with van der Waals surface area (Å²) >= 11 is 1.66. The van der Waals surface area contributed by atoms with Gasteiger partial charge >= 0.3 is 0 Å². The number of benzene rings is 2. The van der Waals surface area contributed by atoms with Gasteiger partial charge in [0.15, 0.2) is 5.67 Å². The van der Waals surface area contributed by atoms with E-state index in [1.165, 1.54) is 18.2 Å². The summed E-state index contributed by atoms with van der Waals surface area (Å²) in [5.41, 5.74) is -1.62. The van der Waals surface area contributed by atoms with Crippen molar-refractivity contribution in [2.75, 3.05) is 43.9 Å². The van der Waals surface area contributed by atoms with E-state index in [1.54, 1.807) is 11.8 Å². The summed E-state index contributed by atoms with van der Waals surface area (Å²) in [5, 5.41) is 14.9. The van der Waals surface area contributed by atoms with Crippen LogP contribution in [0.25, 0.3) is 0 Å². The van der Waals surface area contributed by atoms with Gasteiger partial charge in [0, 0.05) is 52.5 Å². The van der Waals surface area contributed by atoms with E-state index < -0.39 is 33.1 Å². The number of rotatable bonds is 13. The van der Waals surface area contributed by atoms with E-state index in [1.807, 2.05) is 35.1 Å². The second-order valence-corrected chi connectivity index (χ2v) is 13.3. The zero-order valence-electron chi connectivity index (χ0n) is 22.9. The van der Waals surface area contributed by atoms with Gasteiger partial charge in [-0.05, 0) is 62.4 Å². The number of thioether (sulfide) groups is 1. The van der Waals surface area contributed by atoms with Crippen LogP contribution in [0.1, 0.15) is 44.1 Å². The molecule has 41 heavy (non-hydrogen) atoms. The third-order valence-electron chi connectivity index (χ3n) is 7.42. The largest absolute Gasteiger partial charge is 0.381 e. The van der Waals surface area contributed by atoms with Gasteiger partial charge < -0.3 is 10.1 Å². The Morgan fingerprint density at radius 2 is 1.83 bits per heavy atom. The molecule has 1 aliphatic heterocycles. The van der Waals surface area contributed by atoms with Crippen LogP contribution in [0.15, 0.2) is 58.3 Å². The number of anilines is 1. The molecular formula is C28H37FN4O6S2. The lowest BCUT2D eigenvalue weighted by Gasteiger charge is -2.29. The van der Waals surface area contributed by atoms with Crippen LogP contribution in [-0.4, -0.2) is 74.5 Å². The molecule has 2 aromatic carbocycles. The van der Waals surface area contributed by atoms with Crippen molar-refractivity contribution >= 4 is 33.4 Å². The van der Waals surface area contributed by atoms with Crippen molar-refractivity contribution in [1.82, 2.24) is 9.62 Å². The van der Waals surface area contributed by atoms with Crippen LogP contribution in [0, 0.1) is 10.1 Å². The van der Waals surface area contributed by atoms with Crippen LogP contribution in [-0.2, 0) is 26.1 Å². The Balaban J connectivity index is 1.52. The Morgan fingerprint density at radius 1 is 1.12 bits per heavy atom. The predicted octanol–water partition coefficient (Wildman–Crippen LogP) is 4.24. The van der Waals surface area contributed by atoms with Crippen molar-refractivity contribution in [1.29, 1.82) is 0 Å². The number of amides is 1. The van der Waals surface area contributed by atoms with Gasteiger partial charge in [0.2, 0.25) is 6.54 Å². The molecule has 0 spiro atoms. The zero-order valence-corrected chi connectivity index (χ0v) is 24.6. The van der Waals surface area contributed by atoms with E-state index in [2.05, 4.69) is 10.2 Å². The minimum absolute atomic E-state index is 0.0311. The fourth-order valence-electron chi connectivity index (χ4n) is 5.05. The molecule has 0 bridgehead atoms. The SMILES string of the molecule is O=C(NS(=O)(=O)c1ccc(N[C@H](CCN2CCOCC2)CSc2ccccc2)c(C[N+](=O)[O-])c1)C1(F)CCCCC1. The predicted molar refractivity (Wildman–Crippen MR) is 156 cm³/mol. The van der Waals surface area contributed by atoms with Crippen LogP contribution in [0.5, 0.6) is 0 Å². The molecule has 1 saturated heterocycles. The van der Waals surface area contributed by atoms with E-state index >= 15 is 4.39 Å². The first-order chi connectivity index (χ1) is 19.6. The van der Waals surface area contributed by atoms with Gasteiger partial charge in [0.05, 0.1) is 18.1 Å². The monoisotopic (exact) mass is 608 g/mol. The molecule has 0 unspecified atom stereocenters. The fourth-order valence-corrected chi connectivity index (χ4v) is 7.14. The molecule has 0 radical (unpaired) electrons. The number of hydrogen-bond acceptors (Lipinski definition) is 9. The van der Waals surface area contributed by atoms with Crippen LogP contribution >= 0.6 is 11.8 Å². The molecule has 2 N–H and O–H groups in total. The fraction of sp³-hybridized carbons (Fsp3) is 0.536. The molecule has 1 atom stereocenters. The maximum absolute atomic E-state index is 15.1. The number of hydrogen-bond donors (Lipinski definition) is 2. The van der Waals surface area contributed by atoms with Gasteiger partial charge in [0.25, 0.3) is 15.9 Å². The van der Waals surface area contributed by atoms with Crippen molar-refractivity contribution in [2.45, 2.75) is 66.6 Å². The number of carbonyl (C=O) groups excluding carboxylic acids is 1. The summed E-state index contributed by atoms with van der Waals surface area (Å²) in [6, 6.07) is 13.8. The summed E-state index contributed by atoms with van der Waals surface area (Å²) in [5.74, 6) is -0.502. The normalized spacial score (nSPS) is 18.4. The Morgan fingerprint density at radius 3 is 2.51 bits per heavy atom. The average Bonchev–Trinajstić information content (AvgIpc) is 2.96. The standard InChI is InChI=1S/C28H37FN4O6S2/c29-28(12-5-2-6-13-28)27(34)31-41(37,38)25-9-10-26(22(19-25)20-33(35)36)30-23(11-14-32-15-17-39-18-16-32)21-40-24-7-3-1-4-8-24/h1,3-4,7-10,19,23,30H,2,5-6,11-18,20-21H2,(H,31,34)/t23-/m1/s1. The van der Waals surface area contributed by atoms with Crippen LogP contribution in [0.4, 0.5) is 10.1 Å². The summed E-state index contributed by atoms with van der Waals surface area (Å²) in [6.07, 6.45) is 2.50. The first kappa shape index (κ1) is 31.2. The number of nitro groups is 1. The van der Waals surface area contributed by atoms with Gasteiger partial charge in [-0.1, -0.05) is 24.6 Å². The number of nitrogens with zero attached hydrogens (tertiary/aromatic N) is 2. The molecule has 4 rings (SSSR count). The number of carbonyl (C=O) groups is 1. The molecule has 0 aromatic heterocycles. The summed E-state index contributed by atoms with van der Waals surface area (Å²) in [4.78, 5) is 26.6. The Hall–Kier alpha value is -2.74. The third-order valence-corrected chi connectivity index (χ3v) is 9.92. The topological polar surface area (TPSA) is 131 Å². The molecule has 1 amide bonds. The molecular weight excluding hydrogens is 571 g/mol. The summed E-state index contributed by atoms with van der Waals surface area (Å²) < 4.78 is 48.5. The maximum atomic E-state index is 15.1. The highest BCUT2D eigenvalue weighted by Gasteiger charge is 2.41. The van der Waals surface area contributed by atoms with Gasteiger partial charge in [-0.2, -0.15) is 0 Å². The smallest absolute Gasteiger partial charge is 0.271 e. The molecule has 1 heterocycles. The lowest BCUT2D eigenvalue weighted by atomic mass is 9.86. The van der Waals surface area contributed by atoms with Crippen LogP contribution < -0.4 is 10.0 Å². The second kappa shape index (κ2) is 14.4. The minimum Gasteiger partial charge on any atom is -0.381 e.